The lowest BCUT2D eigenvalue weighted by Gasteiger charge is -2.20. The van der Waals surface area contributed by atoms with Crippen molar-refractivity contribution >= 4 is 10.8 Å². The first-order chi connectivity index (χ1) is 17.6. The Kier molecular flexibility index (Phi) is 5.69. The van der Waals surface area contributed by atoms with E-state index in [2.05, 4.69) is 26.3 Å². The lowest BCUT2D eigenvalue weighted by Crippen LogP contribution is -2.25. The standard InChI is InChI=1S/C26H23FN8O2/c1-26(2,3)18-7-15-10-31-35(25(37)22(15)20(27)8-18)24-19(14-36)21(5-6-29-24)34-13-16(9-28)23(32-34)17-11-30-33(4)12-17/h5-8,10-13,36H,14H2,1-4H3. The molecular formula is C26H23FN8O2. The highest BCUT2D eigenvalue weighted by atomic mass is 19.1. The monoisotopic (exact) mass is 498 g/mol. The Balaban J connectivity index is 1.68. The van der Waals surface area contributed by atoms with Crippen molar-refractivity contribution in [3.8, 4) is 28.8 Å². The number of fused-ring (bicyclic) bond motifs is 1. The number of hydrogen-bond acceptors (Lipinski definition) is 7. The van der Waals surface area contributed by atoms with Gasteiger partial charge < -0.3 is 5.11 Å². The molecule has 0 unspecified atom stereocenters. The maximum absolute atomic E-state index is 15.1. The summed E-state index contributed by atoms with van der Waals surface area (Å²) in [5.74, 6) is -0.625. The first-order valence-corrected chi connectivity index (χ1v) is 11.4. The number of aliphatic hydroxyl groups is 1. The molecule has 0 aliphatic carbocycles. The second-order valence-electron chi connectivity index (χ2n) is 9.67. The van der Waals surface area contributed by atoms with Crippen LogP contribution >= 0.6 is 0 Å². The molecule has 0 fully saturated rings. The summed E-state index contributed by atoms with van der Waals surface area (Å²) in [6.45, 7) is 5.36. The summed E-state index contributed by atoms with van der Waals surface area (Å²) < 4.78 is 19.1. The maximum Gasteiger partial charge on any atom is 0.283 e. The summed E-state index contributed by atoms with van der Waals surface area (Å²) in [5, 5.41) is 33.1. The highest BCUT2D eigenvalue weighted by Gasteiger charge is 2.22. The Morgan fingerprint density at radius 3 is 2.59 bits per heavy atom. The molecule has 1 aromatic carbocycles. The van der Waals surface area contributed by atoms with Crippen LogP contribution in [0, 0.1) is 17.1 Å². The lowest BCUT2D eigenvalue weighted by atomic mass is 9.86. The number of aromatic nitrogens is 7. The van der Waals surface area contributed by atoms with Crippen molar-refractivity contribution in [2.45, 2.75) is 32.8 Å². The van der Waals surface area contributed by atoms with Gasteiger partial charge in [0.15, 0.2) is 5.82 Å². The maximum atomic E-state index is 15.1. The number of aliphatic hydroxyl groups excluding tert-OH is 1. The van der Waals surface area contributed by atoms with Crippen LogP contribution in [-0.4, -0.2) is 39.4 Å². The van der Waals surface area contributed by atoms with E-state index in [1.807, 2.05) is 20.8 Å². The molecule has 11 heteroatoms. The number of nitriles is 1. The van der Waals surface area contributed by atoms with Gasteiger partial charge in [0.1, 0.15) is 17.6 Å². The number of rotatable bonds is 4. The van der Waals surface area contributed by atoms with Crippen molar-refractivity contribution in [2.24, 2.45) is 7.05 Å². The molecule has 10 nitrogen and oxygen atoms in total. The third-order valence-electron chi connectivity index (χ3n) is 6.13. The number of benzene rings is 1. The SMILES string of the molecule is Cn1cc(-c2nn(-c3ccnc(-n4ncc5cc(C(C)(C)C)cc(F)c5c4=O)c3CO)cc2C#N)cn1. The fourth-order valence-electron chi connectivity index (χ4n) is 4.17. The average Bonchev–Trinajstić information content (AvgIpc) is 3.49. The minimum Gasteiger partial charge on any atom is -0.391 e. The Bertz CT molecular complexity index is 1770. The molecule has 186 valence electrons. The Labute approximate surface area is 210 Å². The molecule has 0 amide bonds. The zero-order valence-electron chi connectivity index (χ0n) is 20.6. The zero-order chi connectivity index (χ0) is 26.5. The summed E-state index contributed by atoms with van der Waals surface area (Å²) >= 11 is 0. The van der Waals surface area contributed by atoms with Gasteiger partial charge in [-0.2, -0.15) is 25.2 Å². The molecule has 5 aromatic rings. The third kappa shape index (κ3) is 4.07. The van der Waals surface area contributed by atoms with Gasteiger partial charge >= 0.3 is 0 Å². The molecule has 0 saturated heterocycles. The summed E-state index contributed by atoms with van der Waals surface area (Å²) in [6, 6.07) is 6.83. The first kappa shape index (κ1) is 24.0. The van der Waals surface area contributed by atoms with Gasteiger partial charge in [-0.3, -0.25) is 9.48 Å². The fraction of sp³-hybridized carbons (Fsp3) is 0.231. The number of halogens is 1. The molecular weight excluding hydrogens is 475 g/mol. The molecule has 0 saturated carbocycles. The number of hydrogen-bond donors (Lipinski definition) is 1. The van der Waals surface area contributed by atoms with Crippen molar-refractivity contribution in [3.05, 3.63) is 82.0 Å². The minimum absolute atomic E-state index is 0.0307. The van der Waals surface area contributed by atoms with Crippen molar-refractivity contribution in [1.82, 2.24) is 34.3 Å². The zero-order valence-corrected chi connectivity index (χ0v) is 20.6. The van der Waals surface area contributed by atoms with Gasteiger partial charge in [-0.1, -0.05) is 20.8 Å². The van der Waals surface area contributed by atoms with Gasteiger partial charge in [-0.25, -0.2) is 14.1 Å². The molecule has 0 aliphatic heterocycles. The molecule has 0 aliphatic rings. The average molecular weight is 499 g/mol. The second kappa shape index (κ2) is 8.76. The van der Waals surface area contributed by atoms with Crippen LogP contribution in [0.3, 0.4) is 0 Å². The third-order valence-corrected chi connectivity index (χ3v) is 6.13. The van der Waals surface area contributed by atoms with E-state index in [1.165, 1.54) is 29.3 Å². The molecule has 1 N–H and O–H groups in total. The number of pyridine rings is 1. The van der Waals surface area contributed by atoms with Crippen LogP contribution in [0.25, 0.3) is 33.5 Å². The van der Waals surface area contributed by atoms with E-state index < -0.39 is 18.0 Å². The largest absolute Gasteiger partial charge is 0.391 e. The Morgan fingerprint density at radius 1 is 1.16 bits per heavy atom. The highest BCUT2D eigenvalue weighted by molar-refractivity contribution is 5.82. The van der Waals surface area contributed by atoms with Gasteiger partial charge in [0.25, 0.3) is 5.56 Å². The van der Waals surface area contributed by atoms with Crippen LogP contribution < -0.4 is 5.56 Å². The van der Waals surface area contributed by atoms with Crippen LogP contribution in [0.2, 0.25) is 0 Å². The molecule has 4 aromatic heterocycles. The summed E-state index contributed by atoms with van der Waals surface area (Å²) in [7, 11) is 1.76. The van der Waals surface area contributed by atoms with Crippen LogP contribution in [0.1, 0.15) is 37.5 Å². The van der Waals surface area contributed by atoms with Gasteiger partial charge in [0.05, 0.1) is 35.6 Å². The molecule has 0 bridgehead atoms. The summed E-state index contributed by atoms with van der Waals surface area (Å²) in [5.41, 5.74) is 1.70. The quantitative estimate of drug-likeness (QED) is 0.403. The van der Waals surface area contributed by atoms with E-state index in [1.54, 1.807) is 36.3 Å². The van der Waals surface area contributed by atoms with Gasteiger partial charge in [0.2, 0.25) is 0 Å². The number of aryl methyl sites for hydroxylation is 1. The van der Waals surface area contributed by atoms with Crippen molar-refractivity contribution in [2.75, 3.05) is 0 Å². The van der Waals surface area contributed by atoms with Gasteiger partial charge in [0, 0.05) is 42.2 Å². The molecule has 0 radical (unpaired) electrons. The van der Waals surface area contributed by atoms with E-state index in [4.69, 9.17) is 0 Å². The Morgan fingerprint density at radius 2 is 1.95 bits per heavy atom. The van der Waals surface area contributed by atoms with E-state index in [9.17, 15) is 15.2 Å². The van der Waals surface area contributed by atoms with E-state index in [0.717, 1.165) is 10.2 Å². The van der Waals surface area contributed by atoms with E-state index in [-0.39, 0.29) is 22.2 Å². The highest BCUT2D eigenvalue weighted by Crippen LogP contribution is 2.28. The normalized spacial score (nSPS) is 11.7. The van der Waals surface area contributed by atoms with Crippen LogP contribution in [-0.2, 0) is 19.1 Å². The molecule has 0 atom stereocenters. The van der Waals surface area contributed by atoms with E-state index >= 15 is 4.39 Å². The van der Waals surface area contributed by atoms with Crippen molar-refractivity contribution in [1.29, 1.82) is 5.26 Å². The smallest absolute Gasteiger partial charge is 0.283 e. The molecule has 5 rings (SSSR count). The van der Waals surface area contributed by atoms with Crippen LogP contribution in [0.4, 0.5) is 4.39 Å². The molecule has 4 heterocycles. The predicted molar refractivity (Wildman–Crippen MR) is 134 cm³/mol. The number of nitrogens with zero attached hydrogens (tertiary/aromatic N) is 8. The second-order valence-corrected chi connectivity index (χ2v) is 9.67. The van der Waals surface area contributed by atoms with Crippen molar-refractivity contribution in [3.63, 3.8) is 0 Å². The summed E-state index contributed by atoms with van der Waals surface area (Å²) in [4.78, 5) is 17.7. The van der Waals surface area contributed by atoms with Crippen molar-refractivity contribution < 1.29 is 9.50 Å². The summed E-state index contributed by atoms with van der Waals surface area (Å²) in [6.07, 6.45) is 7.68. The van der Waals surface area contributed by atoms with Gasteiger partial charge in [-0.15, -0.1) is 0 Å². The van der Waals surface area contributed by atoms with Crippen LogP contribution in [0.15, 0.2) is 54.0 Å². The lowest BCUT2D eigenvalue weighted by molar-refractivity contribution is 0.280. The van der Waals surface area contributed by atoms with E-state index in [0.29, 0.717) is 27.9 Å². The molecule has 37 heavy (non-hydrogen) atoms. The minimum atomic E-state index is -0.705. The van der Waals surface area contributed by atoms with Gasteiger partial charge in [-0.05, 0) is 29.2 Å². The van der Waals surface area contributed by atoms with Crippen LogP contribution in [0.5, 0.6) is 0 Å². The topological polar surface area (TPSA) is 127 Å². The first-order valence-electron chi connectivity index (χ1n) is 11.4. The molecule has 0 spiro atoms. The Hall–Kier alpha value is -4.69. The predicted octanol–water partition coefficient (Wildman–Crippen LogP) is 3.17. The fourth-order valence-corrected chi connectivity index (χ4v) is 4.17.